The summed E-state index contributed by atoms with van der Waals surface area (Å²) in [6.45, 7) is 13.5. The van der Waals surface area contributed by atoms with Crippen LogP contribution in [-0.4, -0.2) is 45.1 Å². The van der Waals surface area contributed by atoms with E-state index < -0.39 is 0 Å². The van der Waals surface area contributed by atoms with Crippen molar-refractivity contribution in [2.75, 3.05) is 4.90 Å². The van der Waals surface area contributed by atoms with E-state index in [-0.39, 0.29) is 46.5 Å². The van der Waals surface area contributed by atoms with Gasteiger partial charge in [0.05, 0.1) is 18.3 Å². The fourth-order valence-corrected chi connectivity index (χ4v) is 11.2. The van der Waals surface area contributed by atoms with Gasteiger partial charge in [0.25, 0.3) is 0 Å². The Balaban J connectivity index is 1.17. The zero-order valence-electron chi connectivity index (χ0n) is 25.7. The highest BCUT2D eigenvalue weighted by atomic mass is 16.3. The Morgan fingerprint density at radius 2 is 1.77 bits per heavy atom. The summed E-state index contributed by atoms with van der Waals surface area (Å²) in [5.74, 6) is 2.11. The lowest BCUT2D eigenvalue weighted by Crippen LogP contribution is -2.62. The van der Waals surface area contributed by atoms with Gasteiger partial charge in [0.15, 0.2) is 0 Å². The van der Waals surface area contributed by atoms with Gasteiger partial charge < -0.3 is 20.2 Å². The first-order valence-electron chi connectivity index (χ1n) is 16.2. The summed E-state index contributed by atoms with van der Waals surface area (Å²) in [5.41, 5.74) is 3.24. The third-order valence-corrected chi connectivity index (χ3v) is 13.3. The van der Waals surface area contributed by atoms with Crippen molar-refractivity contribution in [1.82, 2.24) is 0 Å². The van der Waals surface area contributed by atoms with Crippen LogP contribution < -0.4 is 4.90 Å². The Kier molecular flexibility index (Phi) is 7.03. The van der Waals surface area contributed by atoms with Crippen LogP contribution in [0.5, 0.6) is 0 Å². The van der Waals surface area contributed by atoms with Gasteiger partial charge in [-0.2, -0.15) is 0 Å². The van der Waals surface area contributed by atoms with Crippen molar-refractivity contribution in [2.24, 2.45) is 46.3 Å². The smallest absolute Gasteiger partial charge is 0.227 e. The maximum absolute atomic E-state index is 13.7. The maximum atomic E-state index is 13.7. The average Bonchev–Trinajstić information content (AvgIpc) is 3.37. The molecular formula is C35H53NO4. The second-order valence-corrected chi connectivity index (χ2v) is 15.9. The van der Waals surface area contributed by atoms with Gasteiger partial charge in [-0.25, -0.2) is 0 Å². The number of anilines is 1. The second-order valence-electron chi connectivity index (χ2n) is 15.9. The number of aryl methyl sites for hydroxylation is 1. The van der Waals surface area contributed by atoms with Crippen LogP contribution in [0.4, 0.5) is 5.69 Å². The zero-order chi connectivity index (χ0) is 28.8. The van der Waals surface area contributed by atoms with Crippen molar-refractivity contribution >= 4 is 11.6 Å². The van der Waals surface area contributed by atoms with E-state index in [1.807, 2.05) is 4.90 Å². The summed E-state index contributed by atoms with van der Waals surface area (Å²) in [7, 11) is 0. The maximum Gasteiger partial charge on any atom is 0.227 e. The van der Waals surface area contributed by atoms with E-state index in [1.165, 1.54) is 11.1 Å². The van der Waals surface area contributed by atoms with Crippen LogP contribution in [0.25, 0.3) is 0 Å². The molecule has 4 aliphatic carbocycles. The number of benzene rings is 1. The van der Waals surface area contributed by atoms with Crippen LogP contribution >= 0.6 is 0 Å². The molecule has 3 N–H and O–H groups in total. The molecule has 0 unspecified atom stereocenters. The first-order chi connectivity index (χ1) is 18.8. The third-order valence-electron chi connectivity index (χ3n) is 13.3. The number of amides is 1. The third kappa shape index (κ3) is 4.23. The molecule has 1 amide bonds. The normalized spacial score (nSPS) is 44.4. The summed E-state index contributed by atoms with van der Waals surface area (Å²) < 4.78 is 0. The molecule has 11 atom stereocenters. The Bertz CT molecular complexity index is 1150. The van der Waals surface area contributed by atoms with Crippen LogP contribution in [0.15, 0.2) is 18.2 Å². The molecule has 1 aliphatic heterocycles. The Labute approximate surface area is 241 Å². The second kappa shape index (κ2) is 9.81. The van der Waals surface area contributed by atoms with E-state index in [4.69, 9.17) is 0 Å². The molecule has 1 aromatic rings. The number of fused-ring (bicyclic) bond motifs is 6. The molecule has 5 heteroatoms. The highest BCUT2D eigenvalue weighted by Gasteiger charge is 2.65. The molecule has 0 saturated heterocycles. The van der Waals surface area contributed by atoms with E-state index in [1.54, 1.807) is 0 Å². The van der Waals surface area contributed by atoms with Crippen molar-refractivity contribution in [1.29, 1.82) is 0 Å². The summed E-state index contributed by atoms with van der Waals surface area (Å²) in [6, 6.07) is 6.45. The van der Waals surface area contributed by atoms with Crippen LogP contribution in [0, 0.1) is 53.3 Å². The Morgan fingerprint density at radius 1 is 1.02 bits per heavy atom. The lowest BCUT2D eigenvalue weighted by Gasteiger charge is -2.63. The van der Waals surface area contributed by atoms with Gasteiger partial charge in [-0.15, -0.1) is 0 Å². The van der Waals surface area contributed by atoms with Crippen molar-refractivity contribution in [3.63, 3.8) is 0 Å². The number of aliphatic hydroxyl groups is 3. The topological polar surface area (TPSA) is 81.0 Å². The molecule has 1 heterocycles. The minimum absolute atomic E-state index is 0.0962. The number of carbonyl (C=O) groups is 1. The average molecular weight is 552 g/mol. The van der Waals surface area contributed by atoms with Crippen LogP contribution in [0.3, 0.4) is 0 Å². The summed E-state index contributed by atoms with van der Waals surface area (Å²) in [5, 5.41) is 33.8. The summed E-state index contributed by atoms with van der Waals surface area (Å²) >= 11 is 0. The SMILES string of the molecule is Cc1ccc2c(c1)CC(C)(C)N2C(=O)CC[C@@H](C)[C@H]1CC[C@H]2[C@@H]3[C@H](O)C[C@@H]4C[C@H](O)CC[C@]4(C)[C@H]3C[C@H](O)[C@]12C. The zero-order valence-corrected chi connectivity index (χ0v) is 25.7. The number of nitrogens with zero attached hydrogens (tertiary/aromatic N) is 1. The molecule has 40 heavy (non-hydrogen) atoms. The fraction of sp³-hybridized carbons (Fsp3) is 0.800. The predicted octanol–water partition coefficient (Wildman–Crippen LogP) is 6.04. The number of carbonyl (C=O) groups excluding carboxylic acids is 1. The van der Waals surface area contributed by atoms with Crippen LogP contribution in [0.1, 0.15) is 104 Å². The van der Waals surface area contributed by atoms with Crippen molar-refractivity contribution < 1.29 is 20.1 Å². The molecule has 6 rings (SSSR count). The lowest BCUT2D eigenvalue weighted by atomic mass is 9.43. The number of hydrogen-bond acceptors (Lipinski definition) is 4. The van der Waals surface area contributed by atoms with Crippen LogP contribution in [0.2, 0.25) is 0 Å². The number of hydrogen-bond donors (Lipinski definition) is 3. The monoisotopic (exact) mass is 551 g/mol. The van der Waals surface area contributed by atoms with Gasteiger partial charge in [0.1, 0.15) is 0 Å². The quantitative estimate of drug-likeness (QED) is 0.426. The minimum Gasteiger partial charge on any atom is -0.393 e. The first-order valence-corrected chi connectivity index (χ1v) is 16.2. The fourth-order valence-electron chi connectivity index (χ4n) is 11.2. The van der Waals surface area contributed by atoms with Crippen molar-refractivity contribution in [2.45, 2.75) is 130 Å². The molecule has 1 aromatic carbocycles. The summed E-state index contributed by atoms with van der Waals surface area (Å²) in [6.07, 6.45) is 7.60. The molecule has 5 aliphatic rings. The molecule has 0 bridgehead atoms. The number of aliphatic hydroxyl groups excluding tert-OH is 3. The standard InChI is InChI=1S/C35H53NO4/c1-20-7-11-28-22(15-20)19-33(3,4)36(28)31(40)12-8-21(2)25-9-10-26-32-27(18-30(39)35(25,26)6)34(5)14-13-24(37)16-23(34)17-29(32)38/h7,11,15,21,23-27,29-30,32,37-39H,8-10,12-14,16-19H2,1-6H3/t21-,23+,24-,25-,26+,27+,29-,30+,32+,34+,35-/m1/s1. The molecule has 0 spiro atoms. The van der Waals surface area contributed by atoms with E-state index in [9.17, 15) is 20.1 Å². The van der Waals surface area contributed by atoms with Gasteiger partial charge in [-0.1, -0.05) is 38.5 Å². The van der Waals surface area contributed by atoms with E-state index in [2.05, 4.69) is 59.7 Å². The van der Waals surface area contributed by atoms with E-state index in [0.717, 1.165) is 63.5 Å². The largest absolute Gasteiger partial charge is 0.393 e. The molecule has 0 radical (unpaired) electrons. The molecule has 0 aromatic heterocycles. The summed E-state index contributed by atoms with van der Waals surface area (Å²) in [4.78, 5) is 15.7. The molecule has 4 fully saturated rings. The van der Waals surface area contributed by atoms with Crippen molar-refractivity contribution in [3.8, 4) is 0 Å². The minimum atomic E-state index is -0.383. The molecular weight excluding hydrogens is 498 g/mol. The first kappa shape index (κ1) is 28.7. The van der Waals surface area contributed by atoms with Gasteiger partial charge in [-0.05, 0) is 137 Å². The predicted molar refractivity (Wildman–Crippen MR) is 159 cm³/mol. The van der Waals surface area contributed by atoms with Crippen molar-refractivity contribution in [3.05, 3.63) is 29.3 Å². The van der Waals surface area contributed by atoms with Gasteiger partial charge in [0.2, 0.25) is 5.91 Å². The molecule has 4 saturated carbocycles. The molecule has 222 valence electrons. The van der Waals surface area contributed by atoms with E-state index >= 15 is 0 Å². The van der Waals surface area contributed by atoms with E-state index in [0.29, 0.717) is 36.0 Å². The van der Waals surface area contributed by atoms with Gasteiger partial charge >= 0.3 is 0 Å². The number of rotatable bonds is 4. The van der Waals surface area contributed by atoms with Gasteiger partial charge in [-0.3, -0.25) is 4.79 Å². The highest BCUT2D eigenvalue weighted by Crippen LogP contribution is 2.68. The lowest BCUT2D eigenvalue weighted by molar-refractivity contribution is -0.207. The van der Waals surface area contributed by atoms with Gasteiger partial charge in [0, 0.05) is 17.6 Å². The Morgan fingerprint density at radius 3 is 2.52 bits per heavy atom. The Hall–Kier alpha value is -1.43. The van der Waals surface area contributed by atoms with Crippen LogP contribution in [-0.2, 0) is 11.2 Å². The molecule has 5 nitrogen and oxygen atoms in total. The highest BCUT2D eigenvalue weighted by molar-refractivity contribution is 5.97.